The van der Waals surface area contributed by atoms with E-state index in [1.165, 1.54) is 12.8 Å². The fourth-order valence-corrected chi connectivity index (χ4v) is 3.68. The highest BCUT2D eigenvalue weighted by Crippen LogP contribution is 2.38. The van der Waals surface area contributed by atoms with E-state index in [-0.39, 0.29) is 18.2 Å². The van der Waals surface area contributed by atoms with Crippen molar-refractivity contribution in [3.05, 3.63) is 15.2 Å². The van der Waals surface area contributed by atoms with Gasteiger partial charge in [-0.15, -0.1) is 11.3 Å². The summed E-state index contributed by atoms with van der Waals surface area (Å²) in [4.78, 5) is 11.9. The quantitative estimate of drug-likeness (QED) is 0.894. The molecule has 1 aromatic rings. The Morgan fingerprint density at radius 3 is 2.89 bits per heavy atom. The Balaban J connectivity index is 1.55. The number of carbonyl (C=O) groups excluding carboxylic acids is 1. The number of thiophene rings is 1. The Bertz CT molecular complexity index is 447. The number of ether oxygens (including phenoxy) is 1. The molecular weight excluding hydrogens is 316 g/mol. The van der Waals surface area contributed by atoms with Crippen LogP contribution in [0.3, 0.4) is 0 Å². The van der Waals surface area contributed by atoms with Crippen LogP contribution in [0.4, 0.5) is 10.5 Å². The van der Waals surface area contributed by atoms with Gasteiger partial charge in [-0.2, -0.15) is 0 Å². The summed E-state index contributed by atoms with van der Waals surface area (Å²) in [5, 5.41) is 9.74. The molecule has 1 saturated heterocycles. The zero-order valence-electron chi connectivity index (χ0n) is 9.82. The molecule has 2 N–H and O–H groups in total. The Hall–Kier alpha value is -0.590. The fraction of sp³-hybridized carbons (Fsp3) is 0.583. The molecule has 1 aliphatic heterocycles. The minimum absolute atomic E-state index is 0.143. The number of anilines is 1. The second kappa shape index (κ2) is 5.19. The number of nitrogens with one attached hydrogen (secondary N) is 2. The van der Waals surface area contributed by atoms with Gasteiger partial charge in [0, 0.05) is 17.4 Å². The summed E-state index contributed by atoms with van der Waals surface area (Å²) in [5.41, 5.74) is 0.819. The zero-order valence-corrected chi connectivity index (χ0v) is 12.2. The second-order valence-corrected chi connectivity index (χ2v) is 6.40. The summed E-state index contributed by atoms with van der Waals surface area (Å²) in [7, 11) is 0. The number of hydrogen-bond acceptors (Lipinski definition) is 3. The molecule has 6 heteroatoms. The zero-order chi connectivity index (χ0) is 12.5. The van der Waals surface area contributed by atoms with Gasteiger partial charge in [-0.05, 0) is 41.1 Å². The van der Waals surface area contributed by atoms with Crippen LogP contribution in [0.5, 0.6) is 0 Å². The van der Waals surface area contributed by atoms with Gasteiger partial charge in [-0.25, -0.2) is 4.79 Å². The predicted octanol–water partition coefficient (Wildman–Crippen LogP) is 3.20. The molecule has 2 amide bonds. The molecule has 1 aromatic heterocycles. The van der Waals surface area contributed by atoms with Crippen LogP contribution in [0.25, 0.3) is 0 Å². The molecule has 2 aliphatic rings. The van der Waals surface area contributed by atoms with E-state index in [2.05, 4.69) is 26.6 Å². The van der Waals surface area contributed by atoms with E-state index in [9.17, 15) is 4.79 Å². The highest BCUT2D eigenvalue weighted by Gasteiger charge is 2.41. The average molecular weight is 331 g/mol. The van der Waals surface area contributed by atoms with Gasteiger partial charge in [0.1, 0.15) is 0 Å². The molecular formula is C12H15BrN2O2S. The van der Waals surface area contributed by atoms with Gasteiger partial charge in [0.15, 0.2) is 0 Å². The van der Waals surface area contributed by atoms with Gasteiger partial charge >= 0.3 is 6.03 Å². The number of rotatable bonds is 3. The molecule has 2 fully saturated rings. The molecule has 2 atom stereocenters. The Labute approximate surface area is 118 Å². The lowest BCUT2D eigenvalue weighted by Crippen LogP contribution is -2.43. The van der Waals surface area contributed by atoms with Crippen LogP contribution < -0.4 is 10.6 Å². The highest BCUT2D eigenvalue weighted by atomic mass is 79.9. The second-order valence-electron chi connectivity index (χ2n) is 4.80. The lowest BCUT2D eigenvalue weighted by molar-refractivity contribution is 0.0829. The van der Waals surface area contributed by atoms with E-state index in [1.54, 1.807) is 11.3 Å². The molecule has 1 saturated carbocycles. The first-order valence-corrected chi connectivity index (χ1v) is 7.88. The van der Waals surface area contributed by atoms with E-state index >= 15 is 0 Å². The van der Waals surface area contributed by atoms with Gasteiger partial charge in [0.05, 0.1) is 22.3 Å². The normalized spacial score (nSPS) is 27.2. The molecule has 3 rings (SSSR count). The van der Waals surface area contributed by atoms with Crippen molar-refractivity contribution in [2.45, 2.75) is 31.4 Å². The van der Waals surface area contributed by atoms with Crippen LogP contribution in [0.1, 0.15) is 19.3 Å². The standard InChI is InChI=1S/C12H15BrN2O2S/c13-8-5-18-6-10(8)15-12(16)14-9-3-4-17-11(9)7-1-2-7/h5-7,9,11H,1-4H2,(H2,14,15,16)/t9-,11+/m1/s1. The summed E-state index contributed by atoms with van der Waals surface area (Å²) < 4.78 is 6.62. The van der Waals surface area contributed by atoms with Gasteiger partial charge in [-0.1, -0.05) is 0 Å². The maximum absolute atomic E-state index is 11.9. The molecule has 0 spiro atoms. The topological polar surface area (TPSA) is 50.4 Å². The molecule has 18 heavy (non-hydrogen) atoms. The van der Waals surface area contributed by atoms with Crippen molar-refractivity contribution in [2.24, 2.45) is 5.92 Å². The van der Waals surface area contributed by atoms with Gasteiger partial charge < -0.3 is 15.4 Å². The van der Waals surface area contributed by atoms with Crippen molar-refractivity contribution in [2.75, 3.05) is 11.9 Å². The van der Waals surface area contributed by atoms with Crippen LogP contribution in [-0.4, -0.2) is 24.8 Å². The van der Waals surface area contributed by atoms with Gasteiger partial charge in [0.2, 0.25) is 0 Å². The lowest BCUT2D eigenvalue weighted by atomic mass is 10.1. The Morgan fingerprint density at radius 2 is 2.22 bits per heavy atom. The number of urea groups is 1. The maximum atomic E-state index is 11.9. The Morgan fingerprint density at radius 1 is 1.39 bits per heavy atom. The van der Waals surface area contributed by atoms with Crippen LogP contribution >= 0.6 is 27.3 Å². The van der Waals surface area contributed by atoms with Crippen molar-refractivity contribution in [1.29, 1.82) is 0 Å². The predicted molar refractivity (Wildman–Crippen MR) is 75.0 cm³/mol. The fourth-order valence-electron chi connectivity index (χ4n) is 2.35. The van der Waals surface area contributed by atoms with Crippen molar-refractivity contribution in [1.82, 2.24) is 5.32 Å². The molecule has 0 unspecified atom stereocenters. The van der Waals surface area contributed by atoms with E-state index in [0.717, 1.165) is 23.2 Å². The van der Waals surface area contributed by atoms with E-state index in [4.69, 9.17) is 4.74 Å². The summed E-state index contributed by atoms with van der Waals surface area (Å²) in [6.45, 7) is 0.758. The summed E-state index contributed by atoms with van der Waals surface area (Å²) in [6.07, 6.45) is 3.61. The summed E-state index contributed by atoms with van der Waals surface area (Å²) in [5.74, 6) is 0.658. The van der Waals surface area contributed by atoms with Crippen molar-refractivity contribution in [3.8, 4) is 0 Å². The summed E-state index contributed by atoms with van der Waals surface area (Å²) in [6, 6.07) is 0.0187. The summed E-state index contributed by atoms with van der Waals surface area (Å²) >= 11 is 4.95. The van der Waals surface area contributed by atoms with Crippen molar-refractivity contribution in [3.63, 3.8) is 0 Å². The first kappa shape index (κ1) is 12.4. The minimum atomic E-state index is -0.143. The molecule has 0 radical (unpaired) electrons. The van der Waals surface area contributed by atoms with Crippen LogP contribution in [0, 0.1) is 5.92 Å². The third kappa shape index (κ3) is 2.70. The number of hydrogen-bond donors (Lipinski definition) is 2. The first-order chi connectivity index (χ1) is 8.74. The van der Waals surface area contributed by atoms with E-state index in [1.807, 2.05) is 10.8 Å². The molecule has 0 aromatic carbocycles. The number of carbonyl (C=O) groups is 1. The molecule has 98 valence electrons. The first-order valence-electron chi connectivity index (χ1n) is 6.15. The Kier molecular flexibility index (Phi) is 3.59. The van der Waals surface area contributed by atoms with Crippen molar-refractivity contribution >= 4 is 39.0 Å². The van der Waals surface area contributed by atoms with Crippen molar-refractivity contribution < 1.29 is 9.53 Å². The molecule has 0 bridgehead atoms. The SMILES string of the molecule is O=C(Nc1cscc1Br)N[C@@H]1CCO[C@H]1C1CC1. The number of halogens is 1. The van der Waals surface area contributed by atoms with E-state index < -0.39 is 0 Å². The largest absolute Gasteiger partial charge is 0.376 e. The van der Waals surface area contributed by atoms with Crippen LogP contribution in [0.2, 0.25) is 0 Å². The molecule has 1 aliphatic carbocycles. The van der Waals surface area contributed by atoms with E-state index in [0.29, 0.717) is 5.92 Å². The number of amides is 2. The van der Waals surface area contributed by atoms with Crippen LogP contribution in [0.15, 0.2) is 15.2 Å². The monoisotopic (exact) mass is 330 g/mol. The minimum Gasteiger partial charge on any atom is -0.376 e. The average Bonchev–Trinajstić information content (AvgIpc) is 2.96. The smallest absolute Gasteiger partial charge is 0.319 e. The van der Waals surface area contributed by atoms with Crippen LogP contribution in [-0.2, 0) is 4.74 Å². The lowest BCUT2D eigenvalue weighted by Gasteiger charge is -2.19. The molecule has 2 heterocycles. The van der Waals surface area contributed by atoms with Gasteiger partial charge in [0.25, 0.3) is 0 Å². The molecule has 4 nitrogen and oxygen atoms in total. The highest BCUT2D eigenvalue weighted by molar-refractivity contribution is 9.10. The van der Waals surface area contributed by atoms with Gasteiger partial charge in [-0.3, -0.25) is 0 Å². The third-order valence-corrected chi connectivity index (χ3v) is 5.10. The third-order valence-electron chi connectivity index (χ3n) is 3.40. The maximum Gasteiger partial charge on any atom is 0.319 e.